The first-order valence-corrected chi connectivity index (χ1v) is 11.9. The summed E-state index contributed by atoms with van der Waals surface area (Å²) < 4.78 is 43.0. The number of benzene rings is 1. The zero-order valence-electron chi connectivity index (χ0n) is 16.4. The normalized spacial score (nSPS) is 28.4. The summed E-state index contributed by atoms with van der Waals surface area (Å²) in [5.41, 5.74) is 1.47. The number of hydrogen-bond acceptors (Lipinski definition) is 4. The second-order valence-electron chi connectivity index (χ2n) is 8.36. The van der Waals surface area contributed by atoms with Gasteiger partial charge in [-0.2, -0.15) is 0 Å². The van der Waals surface area contributed by atoms with Crippen molar-refractivity contribution in [1.82, 2.24) is 10.6 Å². The third-order valence-corrected chi connectivity index (χ3v) is 7.42. The first kappa shape index (κ1) is 19.6. The van der Waals surface area contributed by atoms with E-state index >= 15 is 0 Å². The SMILES string of the molecule is CN=C(NCc1cc(F)ccc1CS(C)(=O)=O)NC1C2CCOC2C12CCC2. The Kier molecular flexibility index (Phi) is 5.12. The Hall–Kier alpha value is -1.67. The molecule has 1 heterocycles. The van der Waals surface area contributed by atoms with E-state index in [9.17, 15) is 12.8 Å². The van der Waals surface area contributed by atoms with Crippen molar-refractivity contribution in [3.63, 3.8) is 0 Å². The maximum Gasteiger partial charge on any atom is 0.191 e. The van der Waals surface area contributed by atoms with Crippen molar-refractivity contribution in [2.45, 2.75) is 50.1 Å². The number of guanidine groups is 1. The van der Waals surface area contributed by atoms with Crippen LogP contribution in [0, 0.1) is 17.2 Å². The molecule has 1 aromatic carbocycles. The number of nitrogens with one attached hydrogen (secondary N) is 2. The van der Waals surface area contributed by atoms with Crippen LogP contribution >= 0.6 is 0 Å². The van der Waals surface area contributed by atoms with Crippen LogP contribution in [-0.2, 0) is 26.9 Å². The molecular formula is C20H28FN3O3S. The first-order valence-electron chi connectivity index (χ1n) is 9.86. The van der Waals surface area contributed by atoms with Crippen LogP contribution in [0.2, 0.25) is 0 Å². The van der Waals surface area contributed by atoms with Gasteiger partial charge in [-0.3, -0.25) is 4.99 Å². The highest BCUT2D eigenvalue weighted by Crippen LogP contribution is 2.62. The van der Waals surface area contributed by atoms with E-state index in [1.807, 2.05) is 0 Å². The van der Waals surface area contributed by atoms with Gasteiger partial charge in [0.1, 0.15) is 5.82 Å². The molecule has 6 nitrogen and oxygen atoms in total. The third-order valence-electron chi connectivity index (χ3n) is 6.58. The predicted molar refractivity (Wildman–Crippen MR) is 106 cm³/mol. The lowest BCUT2D eigenvalue weighted by molar-refractivity contribution is -0.171. The molecule has 1 spiro atoms. The van der Waals surface area contributed by atoms with Crippen molar-refractivity contribution in [1.29, 1.82) is 0 Å². The van der Waals surface area contributed by atoms with E-state index in [0.717, 1.165) is 13.0 Å². The molecule has 28 heavy (non-hydrogen) atoms. The van der Waals surface area contributed by atoms with Gasteiger partial charge in [-0.15, -0.1) is 0 Å². The van der Waals surface area contributed by atoms with E-state index in [1.54, 1.807) is 13.1 Å². The summed E-state index contributed by atoms with van der Waals surface area (Å²) in [6.07, 6.45) is 6.25. The summed E-state index contributed by atoms with van der Waals surface area (Å²) in [5, 5.41) is 6.81. The monoisotopic (exact) mass is 409 g/mol. The minimum Gasteiger partial charge on any atom is -0.377 e. The Bertz CT molecular complexity index is 883. The Balaban J connectivity index is 1.43. The van der Waals surface area contributed by atoms with Gasteiger partial charge < -0.3 is 15.4 Å². The highest BCUT2D eigenvalue weighted by molar-refractivity contribution is 7.89. The summed E-state index contributed by atoms with van der Waals surface area (Å²) in [6.45, 7) is 1.14. The second-order valence-corrected chi connectivity index (χ2v) is 10.5. The topological polar surface area (TPSA) is 79.8 Å². The van der Waals surface area contributed by atoms with Crippen molar-refractivity contribution in [3.8, 4) is 0 Å². The maximum atomic E-state index is 13.7. The second kappa shape index (κ2) is 7.30. The molecule has 3 fully saturated rings. The number of ether oxygens (including phenoxy) is 1. The number of aliphatic imine (C=N–C) groups is 1. The summed E-state index contributed by atoms with van der Waals surface area (Å²) in [4.78, 5) is 4.33. The van der Waals surface area contributed by atoms with E-state index in [0.29, 0.717) is 41.7 Å². The molecule has 4 rings (SSSR count). The van der Waals surface area contributed by atoms with Gasteiger partial charge in [0.25, 0.3) is 0 Å². The fraction of sp³-hybridized carbons (Fsp3) is 0.650. The average Bonchev–Trinajstić information content (AvgIpc) is 3.00. The quantitative estimate of drug-likeness (QED) is 0.574. The van der Waals surface area contributed by atoms with E-state index < -0.39 is 9.84 Å². The van der Waals surface area contributed by atoms with E-state index in [4.69, 9.17) is 4.74 Å². The molecule has 1 aromatic rings. The molecule has 0 amide bonds. The maximum absolute atomic E-state index is 13.7. The Labute approximate surface area is 165 Å². The minimum atomic E-state index is -3.20. The van der Waals surface area contributed by atoms with Gasteiger partial charge >= 0.3 is 0 Å². The molecule has 154 valence electrons. The molecule has 1 aliphatic heterocycles. The molecule has 2 aliphatic carbocycles. The molecule has 3 atom stereocenters. The number of rotatable bonds is 5. The minimum absolute atomic E-state index is 0.108. The van der Waals surface area contributed by atoms with Crippen molar-refractivity contribution < 1.29 is 17.5 Å². The van der Waals surface area contributed by atoms with E-state index in [1.165, 1.54) is 37.7 Å². The Morgan fingerprint density at radius 3 is 2.79 bits per heavy atom. The highest BCUT2D eigenvalue weighted by atomic mass is 32.2. The lowest BCUT2D eigenvalue weighted by Crippen LogP contribution is -2.72. The zero-order chi connectivity index (χ0) is 19.9. The zero-order valence-corrected chi connectivity index (χ0v) is 17.2. The summed E-state index contributed by atoms with van der Waals surface area (Å²) in [6, 6.07) is 4.58. The molecule has 3 unspecified atom stereocenters. The number of nitrogens with zero attached hydrogens (tertiary/aromatic N) is 1. The molecule has 3 aliphatic rings. The Morgan fingerprint density at radius 1 is 1.36 bits per heavy atom. The van der Waals surface area contributed by atoms with Crippen LogP contribution in [0.25, 0.3) is 0 Å². The standard InChI is InChI=1S/C20H28FN3O3S/c1-22-19(24-17-16-6-9-27-18(16)20(17)7-3-8-20)23-11-14-10-15(21)5-4-13(14)12-28(2,25)26/h4-5,10,16-18H,3,6-9,11-12H2,1-2H3,(H2,22,23,24). The first-order chi connectivity index (χ1) is 13.3. The van der Waals surface area contributed by atoms with Gasteiger partial charge in [-0.1, -0.05) is 12.5 Å². The van der Waals surface area contributed by atoms with Crippen LogP contribution in [0.4, 0.5) is 4.39 Å². The largest absolute Gasteiger partial charge is 0.377 e. The molecule has 0 bridgehead atoms. The molecular weight excluding hydrogens is 381 g/mol. The van der Waals surface area contributed by atoms with Gasteiger partial charge in [0.05, 0.1) is 11.9 Å². The number of hydrogen-bond donors (Lipinski definition) is 2. The van der Waals surface area contributed by atoms with Gasteiger partial charge in [0.15, 0.2) is 15.8 Å². The predicted octanol–water partition coefficient (Wildman–Crippen LogP) is 1.99. The summed E-state index contributed by atoms with van der Waals surface area (Å²) in [5.74, 6) is 0.698. The lowest BCUT2D eigenvalue weighted by atomic mass is 9.46. The molecule has 2 saturated carbocycles. The average molecular weight is 410 g/mol. The lowest BCUT2D eigenvalue weighted by Gasteiger charge is -2.63. The fourth-order valence-corrected chi connectivity index (χ4v) is 6.01. The number of halogens is 1. The van der Waals surface area contributed by atoms with E-state index in [-0.39, 0.29) is 17.0 Å². The van der Waals surface area contributed by atoms with Crippen molar-refractivity contribution in [3.05, 3.63) is 35.1 Å². The van der Waals surface area contributed by atoms with Crippen LogP contribution in [-0.4, -0.2) is 46.4 Å². The fourth-order valence-electron chi connectivity index (χ4n) is 5.16. The number of fused-ring (bicyclic) bond motifs is 2. The molecule has 1 saturated heterocycles. The van der Waals surface area contributed by atoms with Crippen LogP contribution in [0.3, 0.4) is 0 Å². The van der Waals surface area contributed by atoms with Crippen molar-refractivity contribution in [2.24, 2.45) is 16.3 Å². The van der Waals surface area contributed by atoms with E-state index in [2.05, 4.69) is 15.6 Å². The Morgan fingerprint density at radius 2 is 2.14 bits per heavy atom. The van der Waals surface area contributed by atoms with Gasteiger partial charge in [0, 0.05) is 43.8 Å². The van der Waals surface area contributed by atoms with Gasteiger partial charge in [-0.05, 0) is 42.5 Å². The van der Waals surface area contributed by atoms with Crippen molar-refractivity contribution >= 4 is 15.8 Å². The smallest absolute Gasteiger partial charge is 0.191 e. The van der Waals surface area contributed by atoms with Gasteiger partial charge in [0.2, 0.25) is 0 Å². The van der Waals surface area contributed by atoms with Crippen LogP contribution in [0.5, 0.6) is 0 Å². The molecule has 8 heteroatoms. The molecule has 0 radical (unpaired) electrons. The summed E-state index contributed by atoms with van der Waals surface area (Å²) in [7, 11) is -1.49. The third kappa shape index (κ3) is 3.52. The van der Waals surface area contributed by atoms with Crippen LogP contribution in [0.15, 0.2) is 23.2 Å². The molecule has 0 aromatic heterocycles. The molecule has 2 N–H and O–H groups in total. The number of sulfone groups is 1. The van der Waals surface area contributed by atoms with Crippen molar-refractivity contribution in [2.75, 3.05) is 19.9 Å². The highest BCUT2D eigenvalue weighted by Gasteiger charge is 2.66. The summed E-state index contributed by atoms with van der Waals surface area (Å²) >= 11 is 0. The van der Waals surface area contributed by atoms with Crippen LogP contribution < -0.4 is 10.6 Å². The van der Waals surface area contributed by atoms with Gasteiger partial charge in [-0.25, -0.2) is 12.8 Å². The van der Waals surface area contributed by atoms with Crippen LogP contribution in [0.1, 0.15) is 36.8 Å².